The van der Waals surface area contributed by atoms with Crippen LogP contribution in [0.25, 0.3) is 5.69 Å². The monoisotopic (exact) mass is 422 g/mol. The molecule has 104 valence electrons. The van der Waals surface area contributed by atoms with Gasteiger partial charge in [0.2, 0.25) is 5.88 Å². The first kappa shape index (κ1) is 15.3. The number of rotatable bonds is 2. The lowest BCUT2D eigenvalue weighted by Crippen LogP contribution is -2.23. The van der Waals surface area contributed by atoms with E-state index in [0.717, 1.165) is 4.57 Å². The van der Waals surface area contributed by atoms with Gasteiger partial charge in [-0.25, -0.2) is 9.36 Å². The summed E-state index contributed by atoms with van der Waals surface area (Å²) in [5.74, 6) is 2.63. The Bertz CT molecular complexity index is 764. The Kier molecular flexibility index (Phi) is 4.68. The molecule has 7 heteroatoms. The highest BCUT2D eigenvalue weighted by atomic mass is 127. The van der Waals surface area contributed by atoms with Gasteiger partial charge < -0.3 is 5.11 Å². The molecular formula is C13H9Cl2IN2O2. The summed E-state index contributed by atoms with van der Waals surface area (Å²) in [6.45, 7) is 1.86. The predicted octanol–water partition coefficient (Wildman–Crippen LogP) is 3.36. The molecule has 0 saturated carbocycles. The lowest BCUT2D eigenvalue weighted by molar-refractivity contribution is 0.436. The zero-order chi connectivity index (χ0) is 14.9. The van der Waals surface area contributed by atoms with Gasteiger partial charge in [-0.05, 0) is 29.1 Å². The number of benzene rings is 1. The molecule has 0 spiro atoms. The maximum absolute atomic E-state index is 12.3. The molecule has 1 N–H and O–H groups in total. The predicted molar refractivity (Wildman–Crippen MR) is 88.2 cm³/mol. The summed E-state index contributed by atoms with van der Waals surface area (Å²) in [6, 6.07) is 4.67. The first-order valence-electron chi connectivity index (χ1n) is 5.51. The molecule has 0 radical (unpaired) electrons. The maximum Gasteiger partial charge on any atom is 0.336 e. The molecule has 2 rings (SSSR count). The molecule has 1 aromatic heterocycles. The van der Waals surface area contributed by atoms with E-state index >= 15 is 0 Å². The van der Waals surface area contributed by atoms with E-state index in [1.807, 2.05) is 22.6 Å². The Hall–Kier alpha value is -1.10. The lowest BCUT2D eigenvalue weighted by atomic mass is 10.3. The van der Waals surface area contributed by atoms with Crippen molar-refractivity contribution in [1.29, 1.82) is 0 Å². The lowest BCUT2D eigenvalue weighted by Gasteiger charge is -2.04. The third kappa shape index (κ3) is 2.82. The summed E-state index contributed by atoms with van der Waals surface area (Å²) in [5, 5.41) is 10.9. The molecule has 20 heavy (non-hydrogen) atoms. The summed E-state index contributed by atoms with van der Waals surface area (Å²) in [7, 11) is 0. The van der Waals surface area contributed by atoms with E-state index in [4.69, 9.17) is 23.2 Å². The standard InChI is InChI=1S/C13H9Cl2IN2O2/c1-8-12(19)18(13(20)17(8)4-2-3-16)11-6-9(14)5-10(15)7-11/h5-7,19H,4H2,1H3. The molecular weight excluding hydrogens is 414 g/mol. The molecule has 0 saturated heterocycles. The number of aromatic nitrogens is 2. The van der Waals surface area contributed by atoms with Crippen LogP contribution in [0.15, 0.2) is 23.0 Å². The molecule has 0 aliphatic carbocycles. The van der Waals surface area contributed by atoms with Crippen LogP contribution in [-0.4, -0.2) is 14.2 Å². The van der Waals surface area contributed by atoms with Gasteiger partial charge in [-0.2, -0.15) is 0 Å². The van der Waals surface area contributed by atoms with Gasteiger partial charge in [0.1, 0.15) is 0 Å². The molecule has 0 unspecified atom stereocenters. The first-order valence-corrected chi connectivity index (χ1v) is 7.35. The fourth-order valence-corrected chi connectivity index (χ4v) is 2.52. The van der Waals surface area contributed by atoms with Gasteiger partial charge in [0.05, 0.1) is 17.9 Å². The van der Waals surface area contributed by atoms with E-state index in [1.165, 1.54) is 4.57 Å². The van der Waals surface area contributed by atoms with E-state index in [2.05, 4.69) is 9.85 Å². The molecule has 4 nitrogen and oxygen atoms in total. The number of hydrogen-bond acceptors (Lipinski definition) is 2. The van der Waals surface area contributed by atoms with Crippen LogP contribution in [0.2, 0.25) is 10.0 Å². The van der Waals surface area contributed by atoms with Crippen molar-refractivity contribution in [2.24, 2.45) is 0 Å². The van der Waals surface area contributed by atoms with Gasteiger partial charge in [0, 0.05) is 32.6 Å². The highest BCUT2D eigenvalue weighted by Crippen LogP contribution is 2.25. The normalized spacial score (nSPS) is 10.2. The molecule has 1 heterocycles. The van der Waals surface area contributed by atoms with Crippen molar-refractivity contribution in [3.8, 4) is 21.4 Å². The van der Waals surface area contributed by atoms with Crippen LogP contribution in [0.5, 0.6) is 5.88 Å². The summed E-state index contributed by atoms with van der Waals surface area (Å²) in [4.78, 5) is 12.3. The fourth-order valence-electron chi connectivity index (χ4n) is 1.83. The second kappa shape index (κ2) is 6.12. The minimum atomic E-state index is -0.391. The minimum Gasteiger partial charge on any atom is -0.493 e. The van der Waals surface area contributed by atoms with Crippen LogP contribution < -0.4 is 5.69 Å². The van der Waals surface area contributed by atoms with E-state index in [0.29, 0.717) is 21.4 Å². The summed E-state index contributed by atoms with van der Waals surface area (Å²) in [6.07, 6.45) is 0. The largest absolute Gasteiger partial charge is 0.493 e. The number of hydrogen-bond donors (Lipinski definition) is 1. The molecule has 2 aromatic rings. The van der Waals surface area contributed by atoms with Gasteiger partial charge in [-0.15, -0.1) is 0 Å². The number of halogens is 3. The number of imidazole rings is 1. The summed E-state index contributed by atoms with van der Waals surface area (Å²) < 4.78 is 5.22. The molecule has 0 atom stereocenters. The quantitative estimate of drug-likeness (QED) is 0.595. The third-order valence-corrected chi connectivity index (χ3v) is 3.59. The Balaban J connectivity index is 2.68. The Morgan fingerprint density at radius 1 is 1.30 bits per heavy atom. The smallest absolute Gasteiger partial charge is 0.336 e. The Morgan fingerprint density at radius 3 is 2.45 bits per heavy atom. The Morgan fingerprint density at radius 2 is 1.90 bits per heavy atom. The summed E-state index contributed by atoms with van der Waals surface area (Å²) >= 11 is 13.7. The maximum atomic E-state index is 12.3. The van der Waals surface area contributed by atoms with E-state index in [9.17, 15) is 9.90 Å². The van der Waals surface area contributed by atoms with Crippen molar-refractivity contribution >= 4 is 45.8 Å². The van der Waals surface area contributed by atoms with Gasteiger partial charge in [-0.3, -0.25) is 4.57 Å². The van der Waals surface area contributed by atoms with Crippen LogP contribution in [0.3, 0.4) is 0 Å². The highest BCUT2D eigenvalue weighted by Gasteiger charge is 2.17. The SMILES string of the molecule is Cc1c(O)n(-c2cc(Cl)cc(Cl)c2)c(=O)n1CC#CI. The van der Waals surface area contributed by atoms with Gasteiger partial charge in [0.25, 0.3) is 0 Å². The van der Waals surface area contributed by atoms with Crippen molar-refractivity contribution in [3.05, 3.63) is 44.4 Å². The van der Waals surface area contributed by atoms with Gasteiger partial charge in [-0.1, -0.05) is 29.1 Å². The third-order valence-electron chi connectivity index (χ3n) is 2.77. The van der Waals surface area contributed by atoms with Crippen molar-refractivity contribution in [1.82, 2.24) is 9.13 Å². The van der Waals surface area contributed by atoms with Crippen molar-refractivity contribution < 1.29 is 5.11 Å². The van der Waals surface area contributed by atoms with Gasteiger partial charge >= 0.3 is 5.69 Å². The first-order chi connectivity index (χ1) is 9.45. The van der Waals surface area contributed by atoms with Crippen molar-refractivity contribution in [3.63, 3.8) is 0 Å². The van der Waals surface area contributed by atoms with E-state index in [-0.39, 0.29) is 12.4 Å². The van der Waals surface area contributed by atoms with E-state index < -0.39 is 5.69 Å². The van der Waals surface area contributed by atoms with E-state index in [1.54, 1.807) is 25.1 Å². The molecule has 0 fully saturated rings. The number of aromatic hydroxyl groups is 1. The molecule has 0 amide bonds. The topological polar surface area (TPSA) is 47.2 Å². The second-order valence-electron chi connectivity index (χ2n) is 4.01. The highest BCUT2D eigenvalue weighted by molar-refractivity contribution is 14.1. The van der Waals surface area contributed by atoms with Gasteiger partial charge in [0.15, 0.2) is 0 Å². The van der Waals surface area contributed by atoms with Crippen molar-refractivity contribution in [2.75, 3.05) is 0 Å². The number of nitrogens with zero attached hydrogens (tertiary/aromatic N) is 2. The zero-order valence-corrected chi connectivity index (χ0v) is 14.0. The molecule has 0 aliphatic rings. The van der Waals surface area contributed by atoms with Crippen molar-refractivity contribution in [2.45, 2.75) is 13.5 Å². The molecule has 1 aromatic carbocycles. The average molecular weight is 423 g/mol. The van der Waals surface area contributed by atoms with Crippen LogP contribution in [0.1, 0.15) is 5.69 Å². The van der Waals surface area contributed by atoms with Crippen LogP contribution in [-0.2, 0) is 6.54 Å². The minimum absolute atomic E-state index is 0.149. The second-order valence-corrected chi connectivity index (χ2v) is 5.42. The van der Waals surface area contributed by atoms with Crippen LogP contribution in [0, 0.1) is 16.8 Å². The van der Waals surface area contributed by atoms with Crippen LogP contribution in [0.4, 0.5) is 0 Å². The molecule has 0 aliphatic heterocycles. The van der Waals surface area contributed by atoms with Crippen LogP contribution >= 0.6 is 45.8 Å². The average Bonchev–Trinajstić information content (AvgIpc) is 2.57. The zero-order valence-electron chi connectivity index (χ0n) is 10.3. The Labute approximate surface area is 139 Å². The molecule has 0 bridgehead atoms. The fraction of sp³-hybridized carbons (Fsp3) is 0.154. The summed E-state index contributed by atoms with van der Waals surface area (Å²) in [5.41, 5.74) is 0.456.